The van der Waals surface area contributed by atoms with Crippen LogP contribution in [0.4, 0.5) is 0 Å². The van der Waals surface area contributed by atoms with Crippen molar-refractivity contribution in [3.05, 3.63) is 84.7 Å². The smallest absolute Gasteiger partial charge is 0.123 e. The van der Waals surface area contributed by atoms with E-state index in [2.05, 4.69) is 104 Å². The molecule has 38 heavy (non-hydrogen) atoms. The summed E-state index contributed by atoms with van der Waals surface area (Å²) in [5, 5.41) is 9.49. The van der Waals surface area contributed by atoms with E-state index in [1.54, 1.807) is 0 Å². The predicted octanol–water partition coefficient (Wildman–Crippen LogP) is 6.39. The van der Waals surface area contributed by atoms with E-state index in [4.69, 9.17) is 0 Å². The molecule has 190 valence electrons. The number of nitrogens with zero attached hydrogens (tertiary/aromatic N) is 2. The van der Waals surface area contributed by atoms with Gasteiger partial charge in [0, 0.05) is 5.56 Å². The highest BCUT2D eigenvalue weighted by molar-refractivity contribution is 5.90. The fraction of sp³-hybridized carbons (Fsp3) is 0.250. The highest BCUT2D eigenvalue weighted by Crippen LogP contribution is 2.31. The van der Waals surface area contributed by atoms with Crippen LogP contribution in [0.2, 0.25) is 0 Å². The molecule has 0 radical (unpaired) electrons. The Labute approximate surface area is 223 Å². The van der Waals surface area contributed by atoms with Crippen LogP contribution in [-0.2, 0) is 0 Å². The van der Waals surface area contributed by atoms with Gasteiger partial charge < -0.3 is 20.6 Å². The van der Waals surface area contributed by atoms with Crippen molar-refractivity contribution in [3.63, 3.8) is 0 Å². The van der Waals surface area contributed by atoms with Crippen molar-refractivity contribution in [2.75, 3.05) is 13.1 Å². The van der Waals surface area contributed by atoms with E-state index in [0.29, 0.717) is 12.1 Å². The Morgan fingerprint density at radius 3 is 1.61 bits per heavy atom. The van der Waals surface area contributed by atoms with Gasteiger partial charge in [-0.05, 0) is 78.4 Å². The molecular formula is C32H32N6. The number of hydrogen-bond donors (Lipinski definition) is 4. The lowest BCUT2D eigenvalue weighted by Crippen LogP contribution is -2.14. The number of fused-ring (bicyclic) bond motifs is 1. The lowest BCUT2D eigenvalue weighted by molar-refractivity contribution is 0.613. The second kappa shape index (κ2) is 10.7. The van der Waals surface area contributed by atoms with Crippen LogP contribution in [0.15, 0.2) is 73.1 Å². The third-order valence-electron chi connectivity index (χ3n) is 7.65. The monoisotopic (exact) mass is 500 g/mol. The van der Waals surface area contributed by atoms with E-state index in [0.717, 1.165) is 54.5 Å². The van der Waals surface area contributed by atoms with Gasteiger partial charge in [0.25, 0.3) is 0 Å². The molecule has 5 aromatic rings. The van der Waals surface area contributed by atoms with Crippen molar-refractivity contribution >= 4 is 10.8 Å². The molecule has 4 N–H and O–H groups in total. The molecule has 3 aromatic carbocycles. The number of nitrogens with one attached hydrogen (secondary N) is 4. The quantitative estimate of drug-likeness (QED) is 0.211. The molecule has 7 rings (SSSR count). The minimum Gasteiger partial charge on any atom is -0.341 e. The maximum Gasteiger partial charge on any atom is 0.123 e. The molecule has 0 spiro atoms. The second-order valence-electron chi connectivity index (χ2n) is 10.0. The molecule has 0 bridgehead atoms. The summed E-state index contributed by atoms with van der Waals surface area (Å²) in [6.07, 6.45) is 16.6. The molecule has 2 aliphatic heterocycles. The van der Waals surface area contributed by atoms with Gasteiger partial charge >= 0.3 is 0 Å². The number of rotatable bonds is 5. The van der Waals surface area contributed by atoms with Crippen LogP contribution >= 0.6 is 0 Å². The van der Waals surface area contributed by atoms with Gasteiger partial charge in [-0.2, -0.15) is 0 Å². The molecule has 0 amide bonds. The third kappa shape index (κ3) is 4.74. The molecule has 6 nitrogen and oxygen atoms in total. The van der Waals surface area contributed by atoms with Gasteiger partial charge in [-0.15, -0.1) is 12.8 Å². The SMILES string of the molecule is C#C.c1cc(-c2cnc([C@@H]3CCCN3)[nH]2)ccc1-c1ccc2cc(-c3cnc([C@@H]4CCCN4)[nH]3)ccc2c1. The van der Waals surface area contributed by atoms with Crippen LogP contribution in [-0.4, -0.2) is 33.0 Å². The lowest BCUT2D eigenvalue weighted by Gasteiger charge is -2.08. The number of hydrogen-bond acceptors (Lipinski definition) is 4. The molecule has 4 heterocycles. The van der Waals surface area contributed by atoms with Crippen LogP contribution in [0, 0.1) is 12.8 Å². The minimum absolute atomic E-state index is 0.354. The van der Waals surface area contributed by atoms with E-state index in [-0.39, 0.29) is 0 Å². The molecular weight excluding hydrogens is 468 g/mol. The van der Waals surface area contributed by atoms with Crippen molar-refractivity contribution in [3.8, 4) is 46.5 Å². The second-order valence-corrected chi connectivity index (χ2v) is 10.0. The zero-order valence-corrected chi connectivity index (χ0v) is 21.4. The first-order valence-electron chi connectivity index (χ1n) is 13.4. The number of aromatic nitrogens is 4. The average Bonchev–Trinajstić information content (AvgIpc) is 3.80. The number of terminal acetylenes is 1. The van der Waals surface area contributed by atoms with Crippen LogP contribution in [0.5, 0.6) is 0 Å². The molecule has 0 saturated carbocycles. The van der Waals surface area contributed by atoms with E-state index in [9.17, 15) is 0 Å². The summed E-state index contributed by atoms with van der Waals surface area (Å²) < 4.78 is 0. The minimum atomic E-state index is 0.354. The Kier molecular flexibility index (Phi) is 6.78. The Morgan fingerprint density at radius 2 is 1.05 bits per heavy atom. The van der Waals surface area contributed by atoms with Crippen LogP contribution in [0.25, 0.3) is 44.4 Å². The normalized spacial score (nSPS) is 18.9. The predicted molar refractivity (Wildman–Crippen MR) is 154 cm³/mol. The summed E-state index contributed by atoms with van der Waals surface area (Å²) in [5.74, 6) is 2.09. The molecule has 2 aromatic heterocycles. The van der Waals surface area contributed by atoms with Crippen molar-refractivity contribution in [2.24, 2.45) is 0 Å². The summed E-state index contributed by atoms with van der Waals surface area (Å²) in [5.41, 5.74) is 6.91. The van der Waals surface area contributed by atoms with Crippen molar-refractivity contribution in [1.29, 1.82) is 0 Å². The van der Waals surface area contributed by atoms with Crippen molar-refractivity contribution in [2.45, 2.75) is 37.8 Å². The van der Waals surface area contributed by atoms with Gasteiger partial charge in [-0.3, -0.25) is 0 Å². The summed E-state index contributed by atoms with van der Waals surface area (Å²) in [4.78, 5) is 16.3. The Bertz CT molecular complexity index is 1550. The van der Waals surface area contributed by atoms with E-state index < -0.39 is 0 Å². The van der Waals surface area contributed by atoms with Crippen LogP contribution in [0.3, 0.4) is 0 Å². The number of H-pyrrole nitrogens is 2. The summed E-state index contributed by atoms with van der Waals surface area (Å²) in [7, 11) is 0. The van der Waals surface area contributed by atoms with Gasteiger partial charge in [0.1, 0.15) is 11.6 Å². The van der Waals surface area contributed by atoms with E-state index in [1.807, 2.05) is 12.4 Å². The molecule has 2 atom stereocenters. The number of aromatic amines is 2. The maximum absolute atomic E-state index is 4.63. The average molecular weight is 501 g/mol. The third-order valence-corrected chi connectivity index (χ3v) is 7.65. The standard InChI is InChI=1S/C30H30N6.C2H2/c1-3-25(31-13-1)29-33-17-27(35-29)20-7-5-19(6-8-20)21-9-10-23-16-24(12-11-22(23)15-21)28-18-34-30(36-28)26-4-2-14-32-26;1-2/h5-12,15-18,25-26,31-32H,1-4,13-14H2,(H,33,35)(H,34,36);1-2H/t25-,26-;/m0./s1. The maximum atomic E-state index is 4.63. The Hall–Kier alpha value is -4.18. The summed E-state index contributed by atoms with van der Waals surface area (Å²) >= 11 is 0. The summed E-state index contributed by atoms with van der Waals surface area (Å²) in [6.45, 7) is 2.15. The summed E-state index contributed by atoms with van der Waals surface area (Å²) in [6, 6.07) is 22.8. The largest absolute Gasteiger partial charge is 0.341 e. The van der Waals surface area contributed by atoms with Crippen molar-refractivity contribution in [1.82, 2.24) is 30.6 Å². The molecule has 2 saturated heterocycles. The Morgan fingerprint density at radius 1 is 0.579 bits per heavy atom. The lowest BCUT2D eigenvalue weighted by atomic mass is 9.98. The zero-order valence-electron chi connectivity index (χ0n) is 21.4. The molecule has 6 heteroatoms. The molecule has 0 aliphatic carbocycles. The highest BCUT2D eigenvalue weighted by Gasteiger charge is 2.20. The first kappa shape index (κ1) is 24.2. The number of benzene rings is 3. The molecule has 2 fully saturated rings. The van der Waals surface area contributed by atoms with Crippen LogP contribution in [0.1, 0.15) is 49.4 Å². The topological polar surface area (TPSA) is 81.4 Å². The number of imidazole rings is 2. The first-order chi connectivity index (χ1) is 18.8. The van der Waals surface area contributed by atoms with Gasteiger partial charge in [0.05, 0.1) is 35.9 Å². The highest BCUT2D eigenvalue weighted by atomic mass is 15.0. The van der Waals surface area contributed by atoms with Gasteiger partial charge in [-0.25, -0.2) is 9.97 Å². The van der Waals surface area contributed by atoms with Gasteiger partial charge in [-0.1, -0.05) is 48.5 Å². The van der Waals surface area contributed by atoms with Crippen LogP contribution < -0.4 is 10.6 Å². The van der Waals surface area contributed by atoms with Gasteiger partial charge in [0.2, 0.25) is 0 Å². The molecule has 2 aliphatic rings. The van der Waals surface area contributed by atoms with E-state index in [1.165, 1.54) is 40.3 Å². The molecule has 0 unspecified atom stereocenters. The van der Waals surface area contributed by atoms with Gasteiger partial charge in [0.15, 0.2) is 0 Å². The zero-order chi connectivity index (χ0) is 25.9. The Balaban J connectivity index is 0.00000129. The van der Waals surface area contributed by atoms with Crippen molar-refractivity contribution < 1.29 is 0 Å². The fourth-order valence-corrected chi connectivity index (χ4v) is 5.59. The first-order valence-corrected chi connectivity index (χ1v) is 13.4. The fourth-order valence-electron chi connectivity index (χ4n) is 5.59. The van der Waals surface area contributed by atoms with E-state index >= 15 is 0 Å².